The van der Waals surface area contributed by atoms with Gasteiger partial charge in [0.15, 0.2) is 0 Å². The third-order valence-corrected chi connectivity index (χ3v) is 3.53. The van der Waals surface area contributed by atoms with Crippen molar-refractivity contribution < 1.29 is 14.3 Å². The van der Waals surface area contributed by atoms with Crippen LogP contribution >= 0.6 is 11.6 Å². The lowest BCUT2D eigenvalue weighted by atomic mass is 10.1. The number of amides is 1. The number of nitrogens with one attached hydrogen (secondary N) is 2. The van der Waals surface area contributed by atoms with Gasteiger partial charge in [-0.3, -0.25) is 4.79 Å². The SMILES string of the molecule is COc1cc(NC(=O)c2ccc(NC(C)(C)C)cn2)c(OC)cc1Cl. The normalized spacial score (nSPS) is 11.0. The summed E-state index contributed by atoms with van der Waals surface area (Å²) in [5.74, 6) is 0.519. The Hall–Kier alpha value is -2.47. The number of aromatic nitrogens is 1. The Balaban J connectivity index is 2.19. The van der Waals surface area contributed by atoms with Crippen LogP contribution in [0.2, 0.25) is 5.02 Å². The van der Waals surface area contributed by atoms with Crippen molar-refractivity contribution in [1.82, 2.24) is 4.98 Å². The van der Waals surface area contributed by atoms with Gasteiger partial charge in [-0.25, -0.2) is 4.98 Å². The fourth-order valence-corrected chi connectivity index (χ4v) is 2.41. The number of ether oxygens (including phenoxy) is 2. The second-order valence-electron chi connectivity index (χ2n) is 6.45. The summed E-state index contributed by atoms with van der Waals surface area (Å²) < 4.78 is 10.4. The van der Waals surface area contributed by atoms with E-state index in [0.29, 0.717) is 22.2 Å². The predicted molar refractivity (Wildman–Crippen MR) is 100 cm³/mol. The lowest BCUT2D eigenvalue weighted by molar-refractivity contribution is 0.102. The van der Waals surface area contributed by atoms with Gasteiger partial charge < -0.3 is 20.1 Å². The molecule has 2 aromatic rings. The van der Waals surface area contributed by atoms with Crippen molar-refractivity contribution in [3.63, 3.8) is 0 Å². The van der Waals surface area contributed by atoms with Gasteiger partial charge >= 0.3 is 0 Å². The first-order valence-corrected chi connectivity index (χ1v) is 8.08. The molecule has 0 saturated carbocycles. The van der Waals surface area contributed by atoms with Crippen molar-refractivity contribution >= 4 is 28.9 Å². The fraction of sp³-hybridized carbons (Fsp3) is 0.333. The molecule has 0 saturated heterocycles. The number of benzene rings is 1. The summed E-state index contributed by atoms with van der Waals surface area (Å²) in [6.07, 6.45) is 1.62. The minimum Gasteiger partial charge on any atom is -0.495 e. The van der Waals surface area contributed by atoms with E-state index in [9.17, 15) is 4.79 Å². The molecule has 2 N–H and O–H groups in total. The molecule has 0 atom stereocenters. The Morgan fingerprint density at radius 1 is 1.12 bits per heavy atom. The number of carbonyl (C=O) groups is 1. The van der Waals surface area contributed by atoms with Gasteiger partial charge in [-0.05, 0) is 32.9 Å². The molecule has 1 heterocycles. The minimum atomic E-state index is -0.356. The lowest BCUT2D eigenvalue weighted by Gasteiger charge is -2.21. The third kappa shape index (κ3) is 5.00. The maximum atomic E-state index is 12.4. The molecule has 0 aliphatic rings. The van der Waals surface area contributed by atoms with Crippen LogP contribution in [0.15, 0.2) is 30.5 Å². The summed E-state index contributed by atoms with van der Waals surface area (Å²) in [6.45, 7) is 6.15. The smallest absolute Gasteiger partial charge is 0.274 e. The van der Waals surface area contributed by atoms with Gasteiger partial charge in [-0.15, -0.1) is 0 Å². The standard InChI is InChI=1S/C18H22ClN3O3/c1-18(2,3)22-11-6-7-13(20-10-11)17(23)21-14-9-15(24-4)12(19)8-16(14)25-5/h6-10,22H,1-5H3,(H,21,23). The molecule has 0 unspecified atom stereocenters. The molecule has 134 valence electrons. The first-order valence-electron chi connectivity index (χ1n) is 7.70. The molecule has 25 heavy (non-hydrogen) atoms. The number of anilines is 2. The fourth-order valence-electron chi connectivity index (χ4n) is 2.18. The highest BCUT2D eigenvalue weighted by molar-refractivity contribution is 6.32. The van der Waals surface area contributed by atoms with Crippen LogP contribution in [0.3, 0.4) is 0 Å². The maximum absolute atomic E-state index is 12.4. The van der Waals surface area contributed by atoms with Crippen LogP contribution in [0, 0.1) is 0 Å². The molecule has 0 aliphatic heterocycles. The van der Waals surface area contributed by atoms with Gasteiger partial charge in [0.2, 0.25) is 0 Å². The monoisotopic (exact) mass is 363 g/mol. The Bertz CT molecular complexity index is 755. The van der Waals surface area contributed by atoms with Crippen LogP contribution in [-0.2, 0) is 0 Å². The Labute approximate surface area is 152 Å². The van der Waals surface area contributed by atoms with Crippen LogP contribution in [0.5, 0.6) is 11.5 Å². The van der Waals surface area contributed by atoms with Crippen molar-refractivity contribution in [1.29, 1.82) is 0 Å². The highest BCUT2D eigenvalue weighted by atomic mass is 35.5. The van der Waals surface area contributed by atoms with Gasteiger partial charge in [-0.2, -0.15) is 0 Å². The summed E-state index contributed by atoms with van der Waals surface area (Å²) in [4.78, 5) is 16.6. The second-order valence-corrected chi connectivity index (χ2v) is 6.86. The molecule has 1 aromatic carbocycles. The first kappa shape index (κ1) is 18.9. The third-order valence-electron chi connectivity index (χ3n) is 3.24. The summed E-state index contributed by atoms with van der Waals surface area (Å²) in [5, 5.41) is 6.45. The molecule has 0 aliphatic carbocycles. The number of hydrogen-bond donors (Lipinski definition) is 2. The number of hydrogen-bond acceptors (Lipinski definition) is 5. The van der Waals surface area contributed by atoms with Crippen molar-refractivity contribution in [2.24, 2.45) is 0 Å². The largest absolute Gasteiger partial charge is 0.495 e. The second kappa shape index (κ2) is 7.61. The molecule has 2 rings (SSSR count). The highest BCUT2D eigenvalue weighted by Gasteiger charge is 2.15. The summed E-state index contributed by atoms with van der Waals surface area (Å²) in [5.41, 5.74) is 1.50. The van der Waals surface area contributed by atoms with Crippen LogP contribution < -0.4 is 20.1 Å². The topological polar surface area (TPSA) is 72.5 Å². The van der Waals surface area contributed by atoms with E-state index in [-0.39, 0.29) is 17.1 Å². The number of nitrogens with zero attached hydrogens (tertiary/aromatic N) is 1. The van der Waals surface area contributed by atoms with Gasteiger partial charge in [-0.1, -0.05) is 11.6 Å². The van der Waals surface area contributed by atoms with E-state index < -0.39 is 0 Å². The summed E-state index contributed by atoms with van der Waals surface area (Å²) >= 11 is 6.07. The molecule has 0 fully saturated rings. The lowest BCUT2D eigenvalue weighted by Crippen LogP contribution is -2.26. The van der Waals surface area contributed by atoms with E-state index >= 15 is 0 Å². The van der Waals surface area contributed by atoms with Crippen molar-refractivity contribution in [3.05, 3.63) is 41.2 Å². The predicted octanol–water partition coefficient (Wildman–Crippen LogP) is 4.21. The van der Waals surface area contributed by atoms with Crippen molar-refractivity contribution in [2.45, 2.75) is 26.3 Å². The van der Waals surface area contributed by atoms with Crippen LogP contribution in [-0.4, -0.2) is 30.6 Å². The molecule has 0 bridgehead atoms. The Morgan fingerprint density at radius 3 is 2.32 bits per heavy atom. The van der Waals surface area contributed by atoms with E-state index in [1.165, 1.54) is 14.2 Å². The zero-order chi connectivity index (χ0) is 18.6. The molecule has 7 heteroatoms. The molecule has 0 radical (unpaired) electrons. The quantitative estimate of drug-likeness (QED) is 0.832. The van der Waals surface area contributed by atoms with Crippen molar-refractivity contribution in [3.8, 4) is 11.5 Å². The molecular weight excluding hydrogens is 342 g/mol. The molecule has 0 spiro atoms. The first-order chi connectivity index (χ1) is 11.7. The van der Waals surface area contributed by atoms with Gasteiger partial charge in [0.25, 0.3) is 5.91 Å². The maximum Gasteiger partial charge on any atom is 0.274 e. The van der Waals surface area contributed by atoms with Crippen molar-refractivity contribution in [2.75, 3.05) is 24.9 Å². The number of methoxy groups -OCH3 is 2. The Kier molecular flexibility index (Phi) is 5.74. The average molecular weight is 364 g/mol. The highest BCUT2D eigenvalue weighted by Crippen LogP contribution is 2.36. The van der Waals surface area contributed by atoms with Crippen LogP contribution in [0.25, 0.3) is 0 Å². The van der Waals surface area contributed by atoms with Gasteiger partial charge in [0, 0.05) is 17.7 Å². The van der Waals surface area contributed by atoms with E-state index in [1.54, 1.807) is 24.4 Å². The van der Waals surface area contributed by atoms with E-state index in [4.69, 9.17) is 21.1 Å². The van der Waals surface area contributed by atoms with Gasteiger partial charge in [0.1, 0.15) is 17.2 Å². The van der Waals surface area contributed by atoms with Crippen LogP contribution in [0.4, 0.5) is 11.4 Å². The molecular formula is C18H22ClN3O3. The molecule has 1 aromatic heterocycles. The molecule has 6 nitrogen and oxygen atoms in total. The van der Waals surface area contributed by atoms with Gasteiger partial charge in [0.05, 0.1) is 36.8 Å². The van der Waals surface area contributed by atoms with Crippen LogP contribution in [0.1, 0.15) is 31.3 Å². The molecule has 1 amide bonds. The van der Waals surface area contributed by atoms with E-state index in [2.05, 4.69) is 15.6 Å². The van der Waals surface area contributed by atoms with E-state index in [1.807, 2.05) is 26.8 Å². The Morgan fingerprint density at radius 2 is 1.80 bits per heavy atom. The summed E-state index contributed by atoms with van der Waals surface area (Å²) in [6, 6.07) is 6.66. The zero-order valence-corrected chi connectivity index (χ0v) is 15.7. The zero-order valence-electron chi connectivity index (χ0n) is 14.9. The number of carbonyl (C=O) groups excluding carboxylic acids is 1. The average Bonchev–Trinajstić information content (AvgIpc) is 2.55. The number of pyridine rings is 1. The number of halogens is 1. The summed E-state index contributed by atoms with van der Waals surface area (Å²) in [7, 11) is 3.00. The van der Waals surface area contributed by atoms with E-state index in [0.717, 1.165) is 5.69 Å². The minimum absolute atomic E-state index is 0.0846. The number of rotatable bonds is 5.